The first-order chi connectivity index (χ1) is 9.49. The first-order valence-electron chi connectivity index (χ1n) is 7.23. The summed E-state index contributed by atoms with van der Waals surface area (Å²) in [5.74, 6) is -0.374. The second-order valence-corrected chi connectivity index (χ2v) is 5.89. The smallest absolute Gasteiger partial charge is 0.308 e. The Morgan fingerprint density at radius 3 is 2.70 bits per heavy atom. The molecule has 1 aliphatic heterocycles. The number of carbonyl (C=O) groups is 3. The maximum atomic E-state index is 12.2. The predicted octanol–water partition coefficient (Wildman–Crippen LogP) is 0.313. The van der Waals surface area contributed by atoms with Crippen molar-refractivity contribution in [1.29, 1.82) is 0 Å². The van der Waals surface area contributed by atoms with E-state index in [4.69, 9.17) is 4.74 Å². The van der Waals surface area contributed by atoms with Gasteiger partial charge in [0.1, 0.15) is 6.04 Å². The highest BCUT2D eigenvalue weighted by molar-refractivity contribution is 5.93. The summed E-state index contributed by atoms with van der Waals surface area (Å²) in [6, 6.07) is -0.712. The highest BCUT2D eigenvalue weighted by Crippen LogP contribution is 2.32. The second-order valence-electron chi connectivity index (χ2n) is 5.89. The van der Waals surface area contributed by atoms with Crippen LogP contribution in [0.15, 0.2) is 0 Å². The Hall–Kier alpha value is -1.59. The van der Waals surface area contributed by atoms with Crippen LogP contribution in [0.4, 0.5) is 0 Å². The summed E-state index contributed by atoms with van der Waals surface area (Å²) in [7, 11) is 0. The van der Waals surface area contributed by atoms with Gasteiger partial charge in [0.05, 0.1) is 13.0 Å². The number of hydrogen-bond donors (Lipinski definition) is 1. The maximum absolute atomic E-state index is 12.2. The van der Waals surface area contributed by atoms with Gasteiger partial charge in [-0.1, -0.05) is 13.8 Å². The molecule has 112 valence electrons. The summed E-state index contributed by atoms with van der Waals surface area (Å²) in [5, 5.41) is 2.71. The van der Waals surface area contributed by atoms with E-state index in [1.54, 1.807) is 4.90 Å². The van der Waals surface area contributed by atoms with E-state index in [0.29, 0.717) is 19.7 Å². The standard InChI is InChI=1S/C14H22N2O4/c1-9(2)8-20-12(17)7-11-13(18)15-5-6-16(11)14(19)10-3-4-10/h9-11H,3-8H2,1-2H3,(H,15,18)/t11-/m1/s1. The van der Waals surface area contributed by atoms with Crippen LogP contribution in [0.25, 0.3) is 0 Å². The van der Waals surface area contributed by atoms with Crippen molar-refractivity contribution < 1.29 is 19.1 Å². The lowest BCUT2D eigenvalue weighted by molar-refractivity contribution is -0.152. The Labute approximate surface area is 118 Å². The minimum Gasteiger partial charge on any atom is -0.465 e. The molecule has 1 heterocycles. The number of esters is 1. The topological polar surface area (TPSA) is 75.7 Å². The molecule has 1 saturated carbocycles. The fourth-order valence-corrected chi connectivity index (χ4v) is 2.22. The molecule has 6 heteroatoms. The summed E-state index contributed by atoms with van der Waals surface area (Å²) < 4.78 is 5.10. The van der Waals surface area contributed by atoms with Crippen LogP contribution in [-0.4, -0.2) is 48.4 Å². The van der Waals surface area contributed by atoms with E-state index in [1.165, 1.54) is 0 Å². The number of nitrogens with one attached hydrogen (secondary N) is 1. The molecule has 2 rings (SSSR count). The Morgan fingerprint density at radius 2 is 2.10 bits per heavy atom. The molecule has 0 aromatic rings. The van der Waals surface area contributed by atoms with Gasteiger partial charge < -0.3 is 15.0 Å². The summed E-state index contributed by atoms with van der Waals surface area (Å²) in [6.45, 7) is 5.16. The summed E-state index contributed by atoms with van der Waals surface area (Å²) in [6.07, 6.45) is 1.72. The Bertz CT molecular complexity index is 404. The van der Waals surface area contributed by atoms with Gasteiger partial charge in [0.2, 0.25) is 11.8 Å². The van der Waals surface area contributed by atoms with Crippen LogP contribution in [-0.2, 0) is 19.1 Å². The van der Waals surface area contributed by atoms with E-state index in [2.05, 4.69) is 5.32 Å². The maximum Gasteiger partial charge on any atom is 0.308 e. The third-order valence-corrected chi connectivity index (χ3v) is 3.48. The average molecular weight is 282 g/mol. The van der Waals surface area contributed by atoms with Gasteiger partial charge in [0.25, 0.3) is 0 Å². The van der Waals surface area contributed by atoms with E-state index in [1.807, 2.05) is 13.8 Å². The molecular formula is C14H22N2O4. The van der Waals surface area contributed by atoms with E-state index in [0.717, 1.165) is 12.8 Å². The van der Waals surface area contributed by atoms with Gasteiger partial charge >= 0.3 is 5.97 Å². The minimum absolute atomic E-state index is 0.00140. The minimum atomic E-state index is -0.712. The molecule has 1 N–H and O–H groups in total. The number of nitrogens with zero attached hydrogens (tertiary/aromatic N) is 1. The molecule has 0 aromatic carbocycles. The first-order valence-corrected chi connectivity index (χ1v) is 7.23. The zero-order valence-corrected chi connectivity index (χ0v) is 12.1. The number of rotatable bonds is 5. The lowest BCUT2D eigenvalue weighted by atomic mass is 10.1. The van der Waals surface area contributed by atoms with E-state index < -0.39 is 12.0 Å². The van der Waals surface area contributed by atoms with Crippen LogP contribution in [0.5, 0.6) is 0 Å². The molecule has 1 aliphatic carbocycles. The molecular weight excluding hydrogens is 260 g/mol. The molecule has 1 saturated heterocycles. The normalized spacial score (nSPS) is 22.6. The largest absolute Gasteiger partial charge is 0.465 e. The monoisotopic (exact) mass is 282 g/mol. The van der Waals surface area contributed by atoms with Gasteiger partial charge in [-0.05, 0) is 18.8 Å². The van der Waals surface area contributed by atoms with Crippen LogP contribution in [0.3, 0.4) is 0 Å². The Kier molecular flexibility index (Phi) is 4.62. The van der Waals surface area contributed by atoms with Gasteiger partial charge in [-0.2, -0.15) is 0 Å². The van der Waals surface area contributed by atoms with Gasteiger partial charge in [-0.25, -0.2) is 0 Å². The lowest BCUT2D eigenvalue weighted by Gasteiger charge is -2.34. The Morgan fingerprint density at radius 1 is 1.40 bits per heavy atom. The molecule has 2 amide bonds. The quantitative estimate of drug-likeness (QED) is 0.737. The van der Waals surface area contributed by atoms with E-state index in [-0.39, 0.29) is 30.1 Å². The predicted molar refractivity (Wildman–Crippen MR) is 71.6 cm³/mol. The van der Waals surface area contributed by atoms with Gasteiger partial charge in [0.15, 0.2) is 0 Å². The summed E-state index contributed by atoms with van der Waals surface area (Å²) in [4.78, 5) is 37.4. The average Bonchev–Trinajstić information content (AvgIpc) is 3.22. The second kappa shape index (κ2) is 6.24. The first kappa shape index (κ1) is 14.8. The third kappa shape index (κ3) is 3.71. The van der Waals surface area contributed by atoms with Crippen LogP contribution in [0.1, 0.15) is 33.1 Å². The third-order valence-electron chi connectivity index (χ3n) is 3.48. The summed E-state index contributed by atoms with van der Waals surface area (Å²) >= 11 is 0. The molecule has 0 radical (unpaired) electrons. The number of piperazine rings is 1. The molecule has 6 nitrogen and oxygen atoms in total. The van der Waals surface area contributed by atoms with Crippen molar-refractivity contribution in [2.24, 2.45) is 11.8 Å². The number of ether oxygens (including phenoxy) is 1. The van der Waals surface area contributed by atoms with Crippen LogP contribution in [0, 0.1) is 11.8 Å². The van der Waals surface area contributed by atoms with Crippen LogP contribution >= 0.6 is 0 Å². The zero-order chi connectivity index (χ0) is 14.7. The summed E-state index contributed by atoms with van der Waals surface area (Å²) in [5.41, 5.74) is 0. The number of hydrogen-bond acceptors (Lipinski definition) is 4. The molecule has 2 aliphatic rings. The van der Waals surface area contributed by atoms with Crippen molar-refractivity contribution in [2.45, 2.75) is 39.2 Å². The highest BCUT2D eigenvalue weighted by atomic mass is 16.5. The highest BCUT2D eigenvalue weighted by Gasteiger charge is 2.41. The van der Waals surface area contributed by atoms with Gasteiger partial charge in [-0.3, -0.25) is 14.4 Å². The van der Waals surface area contributed by atoms with Gasteiger partial charge in [0, 0.05) is 19.0 Å². The van der Waals surface area contributed by atoms with E-state index >= 15 is 0 Å². The molecule has 1 atom stereocenters. The van der Waals surface area contributed by atoms with Crippen molar-refractivity contribution in [3.8, 4) is 0 Å². The van der Waals surface area contributed by atoms with Crippen molar-refractivity contribution in [2.75, 3.05) is 19.7 Å². The van der Waals surface area contributed by atoms with Crippen molar-refractivity contribution in [1.82, 2.24) is 10.2 Å². The molecule has 0 bridgehead atoms. The lowest BCUT2D eigenvalue weighted by Crippen LogP contribution is -2.58. The van der Waals surface area contributed by atoms with E-state index in [9.17, 15) is 14.4 Å². The van der Waals surface area contributed by atoms with Crippen LogP contribution in [0.2, 0.25) is 0 Å². The molecule has 0 aromatic heterocycles. The molecule has 0 unspecified atom stereocenters. The number of amides is 2. The molecule has 0 spiro atoms. The van der Waals surface area contributed by atoms with Crippen molar-refractivity contribution in [3.63, 3.8) is 0 Å². The molecule has 20 heavy (non-hydrogen) atoms. The van der Waals surface area contributed by atoms with Crippen LogP contribution < -0.4 is 5.32 Å². The number of carbonyl (C=O) groups excluding carboxylic acids is 3. The van der Waals surface area contributed by atoms with Gasteiger partial charge in [-0.15, -0.1) is 0 Å². The Balaban J connectivity index is 1.95. The fourth-order valence-electron chi connectivity index (χ4n) is 2.22. The zero-order valence-electron chi connectivity index (χ0n) is 12.1. The SMILES string of the molecule is CC(C)COC(=O)C[C@@H]1C(=O)NCCN1C(=O)C1CC1. The van der Waals surface area contributed by atoms with Crippen molar-refractivity contribution >= 4 is 17.8 Å². The fraction of sp³-hybridized carbons (Fsp3) is 0.786. The van der Waals surface area contributed by atoms with Crippen molar-refractivity contribution in [3.05, 3.63) is 0 Å². The molecule has 2 fully saturated rings.